The summed E-state index contributed by atoms with van der Waals surface area (Å²) in [5.41, 5.74) is 1.16. The maximum Gasteiger partial charge on any atom is 0.286 e. The molecule has 96 valence electrons. The van der Waals surface area contributed by atoms with Gasteiger partial charge < -0.3 is 0 Å². The van der Waals surface area contributed by atoms with Gasteiger partial charge in [-0.1, -0.05) is 36.6 Å². The fourth-order valence-corrected chi connectivity index (χ4v) is 1.72. The van der Waals surface area contributed by atoms with Crippen molar-refractivity contribution in [2.24, 2.45) is 0 Å². The van der Waals surface area contributed by atoms with E-state index in [4.69, 9.17) is 11.6 Å². The highest BCUT2D eigenvalue weighted by atomic mass is 35.5. The van der Waals surface area contributed by atoms with E-state index in [1.165, 1.54) is 4.68 Å². The molecule has 0 aliphatic rings. The molecule has 3 nitrogen and oxygen atoms in total. The minimum atomic E-state index is -0.214. The molecule has 0 saturated carbocycles. The van der Waals surface area contributed by atoms with Crippen molar-refractivity contribution in [2.75, 3.05) is 0 Å². The highest BCUT2D eigenvalue weighted by Crippen LogP contribution is 2.17. The number of benzene rings is 1. The predicted octanol–water partition coefficient (Wildman–Crippen LogP) is 3.17. The molecule has 0 fully saturated rings. The Labute approximate surface area is 116 Å². The first-order chi connectivity index (χ1) is 9.22. The molecule has 2 aromatic rings. The second-order valence-corrected chi connectivity index (χ2v) is 4.44. The summed E-state index contributed by atoms with van der Waals surface area (Å²) in [6.45, 7) is 2.04. The van der Waals surface area contributed by atoms with Gasteiger partial charge >= 0.3 is 0 Å². The van der Waals surface area contributed by atoms with E-state index in [0.29, 0.717) is 10.6 Å². The monoisotopic (exact) mass is 272 g/mol. The zero-order valence-corrected chi connectivity index (χ0v) is 11.3. The topological polar surface area (TPSA) is 34.9 Å². The molecule has 0 radical (unpaired) electrons. The number of hydrogen-bond acceptors (Lipinski definition) is 2. The Morgan fingerprint density at radius 3 is 2.68 bits per heavy atom. The first-order valence-electron chi connectivity index (χ1n) is 6.05. The lowest BCUT2D eigenvalue weighted by molar-refractivity contribution is 0.835. The van der Waals surface area contributed by atoms with Crippen molar-refractivity contribution in [3.63, 3.8) is 0 Å². The van der Waals surface area contributed by atoms with Gasteiger partial charge in [-0.2, -0.15) is 9.78 Å². The van der Waals surface area contributed by atoms with Crippen LogP contribution in [0.4, 0.5) is 0 Å². The van der Waals surface area contributed by atoms with Crippen LogP contribution < -0.4 is 5.56 Å². The van der Waals surface area contributed by atoms with Gasteiger partial charge in [-0.05, 0) is 30.2 Å². The van der Waals surface area contributed by atoms with Gasteiger partial charge in [-0.3, -0.25) is 4.79 Å². The SMILES string of the molecule is CCCC#Cn1nccc(-c2ccc(Cl)cc2)c1=O. The minimum absolute atomic E-state index is 0.214. The van der Waals surface area contributed by atoms with Gasteiger partial charge in [0.1, 0.15) is 0 Å². The summed E-state index contributed by atoms with van der Waals surface area (Å²) in [6.07, 6.45) is 3.28. The Morgan fingerprint density at radius 1 is 1.26 bits per heavy atom. The predicted molar refractivity (Wildman–Crippen MR) is 77.0 cm³/mol. The number of unbranched alkanes of at least 4 members (excludes halogenated alkanes) is 1. The molecule has 1 aromatic carbocycles. The highest BCUT2D eigenvalue weighted by Gasteiger charge is 2.05. The number of rotatable bonds is 2. The summed E-state index contributed by atoms with van der Waals surface area (Å²) in [6, 6.07) is 11.6. The van der Waals surface area contributed by atoms with Crippen molar-refractivity contribution >= 4 is 11.6 Å². The van der Waals surface area contributed by atoms with Gasteiger partial charge in [-0.25, -0.2) is 0 Å². The van der Waals surface area contributed by atoms with Crippen LogP contribution in [-0.2, 0) is 0 Å². The molecule has 0 aliphatic carbocycles. The van der Waals surface area contributed by atoms with E-state index < -0.39 is 0 Å². The molecule has 2 rings (SSSR count). The van der Waals surface area contributed by atoms with Gasteiger partial charge in [0.15, 0.2) is 0 Å². The number of hydrogen-bond donors (Lipinski definition) is 0. The Bertz CT molecular complexity index is 678. The third-order valence-electron chi connectivity index (χ3n) is 2.56. The Hall–Kier alpha value is -2.05. The van der Waals surface area contributed by atoms with Crippen LogP contribution >= 0.6 is 11.6 Å². The van der Waals surface area contributed by atoms with E-state index in [9.17, 15) is 4.79 Å². The summed E-state index contributed by atoms with van der Waals surface area (Å²) in [5.74, 6) is 2.91. The zero-order chi connectivity index (χ0) is 13.7. The van der Waals surface area contributed by atoms with Gasteiger partial charge in [-0.15, -0.1) is 0 Å². The molecule has 4 heteroatoms. The molecule has 0 saturated heterocycles. The van der Waals surface area contributed by atoms with E-state index in [-0.39, 0.29) is 5.56 Å². The summed E-state index contributed by atoms with van der Waals surface area (Å²) in [4.78, 5) is 12.2. The average Bonchev–Trinajstić information content (AvgIpc) is 2.42. The lowest BCUT2D eigenvalue weighted by atomic mass is 10.1. The number of aromatic nitrogens is 2. The van der Waals surface area contributed by atoms with Crippen molar-refractivity contribution in [3.05, 3.63) is 51.9 Å². The fraction of sp³-hybridized carbons (Fsp3) is 0.200. The summed E-state index contributed by atoms with van der Waals surface area (Å²) < 4.78 is 1.18. The van der Waals surface area contributed by atoms with Gasteiger partial charge in [0, 0.05) is 23.7 Å². The second-order valence-electron chi connectivity index (χ2n) is 4.01. The third-order valence-corrected chi connectivity index (χ3v) is 2.81. The molecule has 1 heterocycles. The number of halogens is 1. The first kappa shape index (κ1) is 13.4. The average molecular weight is 273 g/mol. The standard InChI is InChI=1S/C15H13ClN2O/c1-2-3-4-11-18-15(19)14(9-10-17-18)12-5-7-13(16)8-6-12/h5-10H,2-3H2,1H3. The molecule has 0 bridgehead atoms. The van der Waals surface area contributed by atoms with Crippen molar-refractivity contribution in [2.45, 2.75) is 19.8 Å². The summed E-state index contributed by atoms with van der Waals surface area (Å²) in [7, 11) is 0. The maximum atomic E-state index is 12.2. The maximum absolute atomic E-state index is 12.2. The summed E-state index contributed by atoms with van der Waals surface area (Å²) in [5, 5.41) is 4.60. The zero-order valence-electron chi connectivity index (χ0n) is 10.6. The van der Waals surface area contributed by atoms with Crippen LogP contribution in [0.15, 0.2) is 41.3 Å². The van der Waals surface area contributed by atoms with Crippen LogP contribution in [0.2, 0.25) is 5.02 Å². The van der Waals surface area contributed by atoms with Crippen molar-refractivity contribution in [3.8, 4) is 23.1 Å². The van der Waals surface area contributed by atoms with Crippen LogP contribution in [-0.4, -0.2) is 9.78 Å². The molecular weight excluding hydrogens is 260 g/mol. The van der Waals surface area contributed by atoms with Gasteiger partial charge in [0.25, 0.3) is 5.56 Å². The summed E-state index contributed by atoms with van der Waals surface area (Å²) >= 11 is 5.84. The van der Waals surface area contributed by atoms with Crippen molar-refractivity contribution < 1.29 is 0 Å². The highest BCUT2D eigenvalue weighted by molar-refractivity contribution is 6.30. The van der Waals surface area contributed by atoms with E-state index >= 15 is 0 Å². The molecular formula is C15H13ClN2O. The first-order valence-corrected chi connectivity index (χ1v) is 6.43. The van der Waals surface area contributed by atoms with Crippen LogP contribution in [0.25, 0.3) is 11.1 Å². The number of nitrogens with zero attached hydrogens (tertiary/aromatic N) is 2. The fourth-order valence-electron chi connectivity index (χ4n) is 1.60. The molecule has 0 atom stereocenters. The van der Waals surface area contributed by atoms with Crippen molar-refractivity contribution in [1.29, 1.82) is 0 Å². The third kappa shape index (κ3) is 3.24. The molecule has 0 spiro atoms. The van der Waals surface area contributed by atoms with E-state index in [1.807, 2.05) is 19.1 Å². The van der Waals surface area contributed by atoms with Crippen molar-refractivity contribution in [1.82, 2.24) is 9.78 Å². The lowest BCUT2D eigenvalue weighted by Crippen LogP contribution is -2.20. The molecule has 0 aliphatic heterocycles. The van der Waals surface area contributed by atoms with Gasteiger partial charge in [0.2, 0.25) is 0 Å². The van der Waals surface area contributed by atoms with Crippen LogP contribution in [0.3, 0.4) is 0 Å². The molecule has 19 heavy (non-hydrogen) atoms. The quantitative estimate of drug-likeness (QED) is 0.787. The van der Waals surface area contributed by atoms with E-state index in [0.717, 1.165) is 18.4 Å². The molecule has 0 N–H and O–H groups in total. The van der Waals surface area contributed by atoms with Gasteiger partial charge in [0.05, 0.1) is 5.56 Å². The molecule has 1 aromatic heterocycles. The largest absolute Gasteiger partial charge is 0.286 e. The smallest absolute Gasteiger partial charge is 0.266 e. The molecule has 0 amide bonds. The Balaban J connectivity index is 2.44. The van der Waals surface area contributed by atoms with Crippen LogP contribution in [0, 0.1) is 12.0 Å². The van der Waals surface area contributed by atoms with Crippen LogP contribution in [0.1, 0.15) is 19.8 Å². The minimum Gasteiger partial charge on any atom is -0.266 e. The van der Waals surface area contributed by atoms with E-state index in [1.54, 1.807) is 24.4 Å². The Morgan fingerprint density at radius 2 is 2.00 bits per heavy atom. The van der Waals surface area contributed by atoms with Crippen LogP contribution in [0.5, 0.6) is 0 Å². The lowest BCUT2D eigenvalue weighted by Gasteiger charge is -2.01. The second kappa shape index (κ2) is 6.21. The molecule has 0 unspecified atom stereocenters. The Kier molecular flexibility index (Phi) is 4.38. The normalized spacial score (nSPS) is 9.79. The van der Waals surface area contributed by atoms with E-state index in [2.05, 4.69) is 17.1 Å².